The standard InChI is InChI=1S/C28H22FN3O4/c1-35-21-14-10-19(11-15-21)25-26(27(33)31-23-6-3-2-5-22(23)30-25)32(28(34)24-7-4-16-36-24)17-18-8-12-20(29)13-9-18/h2-16,26H,17H2,1H3,(H,31,33). The van der Waals surface area contributed by atoms with Crippen LogP contribution in [-0.4, -0.2) is 35.6 Å². The number of amides is 2. The molecule has 8 heteroatoms. The van der Waals surface area contributed by atoms with E-state index < -0.39 is 23.7 Å². The number of fused-ring (bicyclic) bond motifs is 1. The van der Waals surface area contributed by atoms with Crippen LogP contribution in [0.5, 0.6) is 5.75 Å². The molecule has 36 heavy (non-hydrogen) atoms. The number of hydrogen-bond acceptors (Lipinski definition) is 5. The summed E-state index contributed by atoms with van der Waals surface area (Å²) in [4.78, 5) is 33.7. The predicted octanol–water partition coefficient (Wildman–Crippen LogP) is 5.21. The summed E-state index contributed by atoms with van der Waals surface area (Å²) < 4.78 is 24.3. The molecular weight excluding hydrogens is 461 g/mol. The Morgan fingerprint density at radius 3 is 2.47 bits per heavy atom. The smallest absolute Gasteiger partial charge is 0.290 e. The molecule has 0 radical (unpaired) electrons. The molecule has 1 aliphatic heterocycles. The molecule has 2 heterocycles. The van der Waals surface area contributed by atoms with Crippen molar-refractivity contribution in [2.75, 3.05) is 12.4 Å². The number of ether oxygens (including phenoxy) is 1. The minimum absolute atomic E-state index is 0.0173. The molecular formula is C28H22FN3O4. The quantitative estimate of drug-likeness (QED) is 0.408. The van der Waals surface area contributed by atoms with Gasteiger partial charge in [0.05, 0.1) is 30.5 Å². The van der Waals surface area contributed by atoms with Crippen molar-refractivity contribution >= 4 is 28.9 Å². The van der Waals surface area contributed by atoms with Crippen LogP contribution < -0.4 is 10.1 Å². The molecule has 1 unspecified atom stereocenters. The van der Waals surface area contributed by atoms with Crippen LogP contribution in [-0.2, 0) is 11.3 Å². The summed E-state index contributed by atoms with van der Waals surface area (Å²) in [5.41, 5.74) is 2.75. The van der Waals surface area contributed by atoms with Gasteiger partial charge in [-0.2, -0.15) is 0 Å². The first-order valence-corrected chi connectivity index (χ1v) is 11.3. The van der Waals surface area contributed by atoms with Crippen molar-refractivity contribution in [3.63, 3.8) is 0 Å². The van der Waals surface area contributed by atoms with E-state index in [-0.39, 0.29) is 12.3 Å². The van der Waals surface area contributed by atoms with Gasteiger partial charge in [0.2, 0.25) is 0 Å². The zero-order valence-electron chi connectivity index (χ0n) is 19.4. The van der Waals surface area contributed by atoms with Gasteiger partial charge in [-0.1, -0.05) is 24.3 Å². The maximum atomic E-state index is 13.7. The second-order valence-electron chi connectivity index (χ2n) is 8.17. The van der Waals surface area contributed by atoms with Crippen molar-refractivity contribution in [3.8, 4) is 5.75 Å². The fourth-order valence-electron chi connectivity index (χ4n) is 4.08. The van der Waals surface area contributed by atoms with Gasteiger partial charge in [0.25, 0.3) is 11.8 Å². The molecule has 5 rings (SSSR count). The lowest BCUT2D eigenvalue weighted by atomic mass is 9.99. The van der Waals surface area contributed by atoms with Crippen LogP contribution in [0.3, 0.4) is 0 Å². The summed E-state index contributed by atoms with van der Waals surface area (Å²) in [6, 6.07) is 22.1. The van der Waals surface area contributed by atoms with Crippen molar-refractivity contribution in [3.05, 3.63) is 114 Å². The number of nitrogens with zero attached hydrogens (tertiary/aromatic N) is 2. The molecule has 4 aromatic rings. The van der Waals surface area contributed by atoms with Crippen LogP contribution in [0.2, 0.25) is 0 Å². The molecule has 2 amide bonds. The number of carbonyl (C=O) groups is 2. The fraction of sp³-hybridized carbons (Fsp3) is 0.107. The zero-order chi connectivity index (χ0) is 25.1. The van der Waals surface area contributed by atoms with Crippen molar-refractivity contribution in [1.82, 2.24) is 4.90 Å². The van der Waals surface area contributed by atoms with Crippen LogP contribution in [0.1, 0.15) is 21.7 Å². The Kier molecular flexibility index (Phi) is 6.32. The first kappa shape index (κ1) is 23.0. The Morgan fingerprint density at radius 2 is 1.78 bits per heavy atom. The molecule has 0 aliphatic carbocycles. The largest absolute Gasteiger partial charge is 0.497 e. The summed E-state index contributed by atoms with van der Waals surface area (Å²) in [5, 5.41) is 2.91. The molecule has 7 nitrogen and oxygen atoms in total. The molecule has 1 atom stereocenters. The number of anilines is 1. The Hall–Kier alpha value is -4.72. The van der Waals surface area contributed by atoms with E-state index in [1.165, 1.54) is 29.4 Å². The number of hydrogen-bond donors (Lipinski definition) is 1. The zero-order valence-corrected chi connectivity index (χ0v) is 19.4. The molecule has 1 aromatic heterocycles. The van der Waals surface area contributed by atoms with Crippen LogP contribution >= 0.6 is 0 Å². The van der Waals surface area contributed by atoms with Crippen molar-refractivity contribution in [1.29, 1.82) is 0 Å². The van der Waals surface area contributed by atoms with E-state index in [0.717, 1.165) is 0 Å². The summed E-state index contributed by atoms with van der Waals surface area (Å²) >= 11 is 0. The van der Waals surface area contributed by atoms with E-state index in [9.17, 15) is 14.0 Å². The van der Waals surface area contributed by atoms with Gasteiger partial charge < -0.3 is 19.4 Å². The molecule has 180 valence electrons. The van der Waals surface area contributed by atoms with Gasteiger partial charge in [0, 0.05) is 6.54 Å². The summed E-state index contributed by atoms with van der Waals surface area (Å²) in [5.74, 6) is -0.621. The molecule has 0 fully saturated rings. The maximum absolute atomic E-state index is 13.7. The van der Waals surface area contributed by atoms with Crippen molar-refractivity contribution in [2.45, 2.75) is 12.6 Å². The second kappa shape index (κ2) is 9.87. The van der Waals surface area contributed by atoms with Crippen LogP contribution in [0.25, 0.3) is 0 Å². The highest BCUT2D eigenvalue weighted by Crippen LogP contribution is 2.31. The molecule has 0 spiro atoms. The van der Waals surface area contributed by atoms with Crippen LogP contribution in [0.4, 0.5) is 15.8 Å². The number of halogens is 1. The molecule has 1 aliphatic rings. The SMILES string of the molecule is COc1ccc(C2=Nc3ccccc3NC(=O)C2N(Cc2ccc(F)cc2)C(=O)c2ccco2)cc1. The lowest BCUT2D eigenvalue weighted by Crippen LogP contribution is -2.51. The molecule has 0 bridgehead atoms. The highest BCUT2D eigenvalue weighted by atomic mass is 19.1. The van der Waals surface area contributed by atoms with Gasteiger partial charge in [0.1, 0.15) is 11.6 Å². The number of nitrogens with one attached hydrogen (secondary N) is 1. The average Bonchev–Trinajstić information content (AvgIpc) is 3.40. The van der Waals surface area contributed by atoms with E-state index in [4.69, 9.17) is 14.1 Å². The minimum Gasteiger partial charge on any atom is -0.497 e. The normalized spacial score (nSPS) is 14.8. The molecule has 1 N–H and O–H groups in total. The number of para-hydroxylation sites is 2. The second-order valence-corrected chi connectivity index (χ2v) is 8.17. The van der Waals surface area contributed by atoms with Crippen molar-refractivity contribution in [2.24, 2.45) is 4.99 Å². The lowest BCUT2D eigenvalue weighted by Gasteiger charge is -2.30. The van der Waals surface area contributed by atoms with E-state index in [1.807, 2.05) is 6.07 Å². The highest BCUT2D eigenvalue weighted by Gasteiger charge is 2.38. The summed E-state index contributed by atoms with van der Waals surface area (Å²) in [6.07, 6.45) is 1.39. The first-order chi connectivity index (χ1) is 17.5. The Morgan fingerprint density at radius 1 is 1.03 bits per heavy atom. The Labute approximate surface area is 206 Å². The minimum atomic E-state index is -1.12. The number of methoxy groups -OCH3 is 1. The first-order valence-electron chi connectivity index (χ1n) is 11.3. The monoisotopic (exact) mass is 483 g/mol. The molecule has 0 saturated heterocycles. The van der Waals surface area contributed by atoms with Crippen molar-refractivity contribution < 1.29 is 23.1 Å². The third kappa shape index (κ3) is 4.61. The fourth-order valence-corrected chi connectivity index (χ4v) is 4.08. The lowest BCUT2D eigenvalue weighted by molar-refractivity contribution is -0.118. The Balaban J connectivity index is 1.66. The molecule has 3 aromatic carbocycles. The van der Waals surface area contributed by atoms with E-state index in [2.05, 4.69) is 5.32 Å². The van der Waals surface area contributed by atoms with Crippen LogP contribution in [0.15, 0.2) is 101 Å². The maximum Gasteiger partial charge on any atom is 0.290 e. The number of aliphatic imine (C=N–C) groups is 1. The van der Waals surface area contributed by atoms with Gasteiger partial charge in [-0.3, -0.25) is 9.59 Å². The summed E-state index contributed by atoms with van der Waals surface area (Å²) in [6.45, 7) is 0.0173. The highest BCUT2D eigenvalue weighted by molar-refractivity contribution is 6.23. The number of benzene rings is 3. The number of rotatable bonds is 6. The Bertz CT molecular complexity index is 1410. The third-order valence-corrected chi connectivity index (χ3v) is 5.87. The van der Waals surface area contributed by atoms with Gasteiger partial charge >= 0.3 is 0 Å². The number of furan rings is 1. The van der Waals surface area contributed by atoms with Crippen LogP contribution in [0, 0.1) is 5.82 Å². The van der Waals surface area contributed by atoms with Gasteiger partial charge in [-0.15, -0.1) is 0 Å². The topological polar surface area (TPSA) is 84.1 Å². The number of carbonyl (C=O) groups excluding carboxylic acids is 2. The van der Waals surface area contributed by atoms with E-state index in [0.29, 0.717) is 34.0 Å². The summed E-state index contributed by atoms with van der Waals surface area (Å²) in [7, 11) is 1.57. The third-order valence-electron chi connectivity index (χ3n) is 5.87. The van der Waals surface area contributed by atoms with E-state index >= 15 is 0 Å². The molecule has 0 saturated carbocycles. The van der Waals surface area contributed by atoms with E-state index in [1.54, 1.807) is 67.8 Å². The average molecular weight is 483 g/mol. The van der Waals surface area contributed by atoms with Gasteiger partial charge in [-0.25, -0.2) is 9.38 Å². The van der Waals surface area contributed by atoms with Gasteiger partial charge in [-0.05, 0) is 71.8 Å². The predicted molar refractivity (Wildman–Crippen MR) is 133 cm³/mol. The van der Waals surface area contributed by atoms with Gasteiger partial charge in [0.15, 0.2) is 11.8 Å².